The van der Waals surface area contributed by atoms with Gasteiger partial charge in [0.2, 0.25) is 0 Å². The number of sulfone groups is 1. The van der Waals surface area contributed by atoms with Crippen LogP contribution >= 0.6 is 11.8 Å². The Hall–Kier alpha value is -0.820. The van der Waals surface area contributed by atoms with Gasteiger partial charge < -0.3 is 4.90 Å². The molecule has 0 spiro atoms. The predicted octanol–water partition coefficient (Wildman–Crippen LogP) is 1.85. The Balaban J connectivity index is 1.76. The zero-order chi connectivity index (χ0) is 15.7. The lowest BCUT2D eigenvalue weighted by molar-refractivity contribution is -0.122. The Morgan fingerprint density at radius 2 is 2.05 bits per heavy atom. The first-order chi connectivity index (χ1) is 10.5. The van der Waals surface area contributed by atoms with E-state index in [1.165, 1.54) is 18.2 Å². The molecule has 0 unspecified atom stereocenters. The summed E-state index contributed by atoms with van der Waals surface area (Å²) >= 11 is 1.45. The number of hydrogen-bond donors (Lipinski definition) is 0. The van der Waals surface area contributed by atoms with E-state index in [2.05, 4.69) is 11.6 Å². The summed E-state index contributed by atoms with van der Waals surface area (Å²) in [5, 5.41) is 0.697. The van der Waals surface area contributed by atoms with E-state index in [1.54, 1.807) is 6.08 Å². The molecule has 7 heteroatoms. The van der Waals surface area contributed by atoms with Crippen LogP contribution in [0.4, 0.5) is 0 Å². The minimum Gasteiger partial charge on any atom is -0.342 e. The summed E-state index contributed by atoms with van der Waals surface area (Å²) in [6.07, 6.45) is 7.03. The molecule has 1 aliphatic carbocycles. The summed E-state index contributed by atoms with van der Waals surface area (Å²) in [6.45, 7) is 4.28. The van der Waals surface area contributed by atoms with Crippen molar-refractivity contribution in [3.63, 3.8) is 0 Å². The molecule has 0 aromatic heterocycles. The van der Waals surface area contributed by atoms with Crippen molar-refractivity contribution >= 4 is 32.7 Å². The van der Waals surface area contributed by atoms with Gasteiger partial charge in [-0.25, -0.2) is 8.42 Å². The number of carbonyl (C=O) groups is 1. The Bertz CT molecular complexity index is 594. The Labute approximate surface area is 136 Å². The van der Waals surface area contributed by atoms with Gasteiger partial charge in [0.05, 0.1) is 17.5 Å². The predicted molar refractivity (Wildman–Crippen MR) is 89.7 cm³/mol. The van der Waals surface area contributed by atoms with Crippen molar-refractivity contribution in [2.45, 2.75) is 43.4 Å². The smallest absolute Gasteiger partial charge is 0.251 e. The highest BCUT2D eigenvalue weighted by atomic mass is 32.2. The van der Waals surface area contributed by atoms with Crippen LogP contribution in [-0.4, -0.2) is 53.7 Å². The number of fused-ring (bicyclic) bond motifs is 1. The van der Waals surface area contributed by atoms with Gasteiger partial charge >= 0.3 is 0 Å². The highest BCUT2D eigenvalue weighted by Crippen LogP contribution is 2.38. The van der Waals surface area contributed by atoms with Gasteiger partial charge in [0.15, 0.2) is 15.0 Å². The van der Waals surface area contributed by atoms with E-state index in [0.29, 0.717) is 11.7 Å². The van der Waals surface area contributed by atoms with E-state index < -0.39 is 9.84 Å². The van der Waals surface area contributed by atoms with Crippen LogP contribution in [0.3, 0.4) is 0 Å². The molecule has 5 nitrogen and oxygen atoms in total. The van der Waals surface area contributed by atoms with Gasteiger partial charge in [-0.3, -0.25) is 4.79 Å². The molecule has 1 saturated carbocycles. The molecule has 1 amide bonds. The molecule has 0 aromatic carbocycles. The Kier molecular flexibility index (Phi) is 4.64. The second kappa shape index (κ2) is 6.35. The first-order valence-corrected chi connectivity index (χ1v) is 10.6. The van der Waals surface area contributed by atoms with Crippen LogP contribution in [-0.2, 0) is 14.6 Å². The molecule has 2 atom stereocenters. The van der Waals surface area contributed by atoms with Gasteiger partial charge in [-0.05, 0) is 12.8 Å². The van der Waals surface area contributed by atoms with Crippen molar-refractivity contribution in [3.8, 4) is 0 Å². The minimum atomic E-state index is -2.97. The second-order valence-electron chi connectivity index (χ2n) is 6.31. The van der Waals surface area contributed by atoms with E-state index >= 15 is 0 Å². The summed E-state index contributed by atoms with van der Waals surface area (Å²) in [5.74, 6) is 0.373. The summed E-state index contributed by atoms with van der Waals surface area (Å²) in [4.78, 5) is 18.7. The topological polar surface area (TPSA) is 66.8 Å². The molecular weight excluding hydrogens is 320 g/mol. The van der Waals surface area contributed by atoms with Gasteiger partial charge in [-0.1, -0.05) is 37.1 Å². The fraction of sp³-hybridized carbons (Fsp3) is 0.733. The van der Waals surface area contributed by atoms with Crippen LogP contribution in [0.1, 0.15) is 32.1 Å². The van der Waals surface area contributed by atoms with Gasteiger partial charge in [0.1, 0.15) is 0 Å². The van der Waals surface area contributed by atoms with Crippen LogP contribution < -0.4 is 0 Å². The second-order valence-corrected chi connectivity index (χ2v) is 9.67. The molecule has 3 fully saturated rings. The maximum Gasteiger partial charge on any atom is 0.251 e. The largest absolute Gasteiger partial charge is 0.342 e. The molecule has 3 rings (SSSR count). The number of amides is 1. The van der Waals surface area contributed by atoms with Crippen molar-refractivity contribution in [2.75, 3.05) is 18.1 Å². The first kappa shape index (κ1) is 16.1. The van der Waals surface area contributed by atoms with Crippen LogP contribution in [0.25, 0.3) is 0 Å². The number of amidine groups is 1. The van der Waals surface area contributed by atoms with Crippen molar-refractivity contribution in [1.29, 1.82) is 0 Å². The average molecular weight is 342 g/mol. The lowest BCUT2D eigenvalue weighted by Crippen LogP contribution is -2.37. The molecule has 0 aromatic rings. The SMILES string of the molecule is C=CCN1C(=NC(=O)C2CCCCC2)S[C@H]2CS(=O)(=O)C[C@H]21. The van der Waals surface area contributed by atoms with E-state index in [0.717, 1.165) is 25.7 Å². The summed E-state index contributed by atoms with van der Waals surface area (Å²) in [5.41, 5.74) is 0. The standard InChI is InChI=1S/C15H22N2O3S2/c1-2-8-17-12-9-22(19,20)10-13(12)21-15(17)16-14(18)11-6-4-3-5-7-11/h2,11-13H,1,3-10H2/t12-,13+/m1/s1. The van der Waals surface area contributed by atoms with Gasteiger partial charge in [-0.2, -0.15) is 4.99 Å². The number of carbonyl (C=O) groups excluding carboxylic acids is 1. The number of hydrogen-bond acceptors (Lipinski definition) is 4. The van der Waals surface area contributed by atoms with Crippen LogP contribution in [0.15, 0.2) is 17.6 Å². The van der Waals surface area contributed by atoms with Crippen molar-refractivity contribution < 1.29 is 13.2 Å². The van der Waals surface area contributed by atoms with Crippen molar-refractivity contribution in [2.24, 2.45) is 10.9 Å². The molecule has 2 heterocycles. The van der Waals surface area contributed by atoms with Crippen LogP contribution in [0, 0.1) is 5.92 Å². The molecule has 0 N–H and O–H groups in total. The molecule has 2 aliphatic heterocycles. The Morgan fingerprint density at radius 1 is 1.32 bits per heavy atom. The third kappa shape index (κ3) is 3.25. The average Bonchev–Trinajstić information content (AvgIpc) is 2.93. The lowest BCUT2D eigenvalue weighted by atomic mass is 9.89. The van der Waals surface area contributed by atoms with E-state index in [9.17, 15) is 13.2 Å². The monoisotopic (exact) mass is 342 g/mol. The first-order valence-electron chi connectivity index (χ1n) is 7.87. The number of aliphatic imine (C=N–C) groups is 1. The third-order valence-corrected chi connectivity index (χ3v) is 7.91. The van der Waals surface area contributed by atoms with E-state index in [1.807, 2.05) is 4.90 Å². The van der Waals surface area contributed by atoms with Gasteiger partial charge in [0.25, 0.3) is 5.91 Å². The molecule has 2 saturated heterocycles. The van der Waals surface area contributed by atoms with Gasteiger partial charge in [0, 0.05) is 17.7 Å². The lowest BCUT2D eigenvalue weighted by Gasteiger charge is -2.23. The quantitative estimate of drug-likeness (QED) is 0.732. The summed E-state index contributed by atoms with van der Waals surface area (Å²) in [7, 11) is -2.97. The fourth-order valence-corrected chi connectivity index (χ4v) is 7.49. The zero-order valence-corrected chi connectivity index (χ0v) is 14.2. The summed E-state index contributed by atoms with van der Waals surface area (Å²) in [6, 6.07) is -0.0640. The number of rotatable bonds is 3. The molecule has 0 bridgehead atoms. The molecule has 122 valence electrons. The molecule has 22 heavy (non-hydrogen) atoms. The molecular formula is C15H22N2O3S2. The van der Waals surface area contributed by atoms with Crippen molar-refractivity contribution in [3.05, 3.63) is 12.7 Å². The maximum absolute atomic E-state index is 12.4. The highest BCUT2D eigenvalue weighted by molar-refractivity contribution is 8.15. The number of thioether (sulfide) groups is 1. The van der Waals surface area contributed by atoms with Gasteiger partial charge in [-0.15, -0.1) is 6.58 Å². The highest BCUT2D eigenvalue weighted by Gasteiger charge is 2.48. The maximum atomic E-state index is 12.4. The van der Waals surface area contributed by atoms with Crippen LogP contribution in [0.2, 0.25) is 0 Å². The zero-order valence-electron chi connectivity index (χ0n) is 12.6. The Morgan fingerprint density at radius 3 is 2.73 bits per heavy atom. The molecule has 0 radical (unpaired) electrons. The normalized spacial score (nSPS) is 33.1. The summed E-state index contributed by atoms with van der Waals surface area (Å²) < 4.78 is 23.6. The minimum absolute atomic E-state index is 0.00264. The molecule has 3 aliphatic rings. The van der Waals surface area contributed by atoms with Crippen molar-refractivity contribution in [1.82, 2.24) is 4.90 Å². The number of nitrogens with zero attached hydrogens (tertiary/aromatic N) is 2. The van der Waals surface area contributed by atoms with E-state index in [-0.39, 0.29) is 34.6 Å². The van der Waals surface area contributed by atoms with Crippen LogP contribution in [0.5, 0.6) is 0 Å². The fourth-order valence-electron chi connectivity index (χ4n) is 3.52. The van der Waals surface area contributed by atoms with E-state index in [4.69, 9.17) is 0 Å². The third-order valence-electron chi connectivity index (χ3n) is 4.66.